The van der Waals surface area contributed by atoms with Gasteiger partial charge in [-0.2, -0.15) is 0 Å². The van der Waals surface area contributed by atoms with Gasteiger partial charge in [0, 0.05) is 12.0 Å². The summed E-state index contributed by atoms with van der Waals surface area (Å²) in [4.78, 5) is 20.5. The van der Waals surface area contributed by atoms with Gasteiger partial charge in [-0.1, -0.05) is 81.1 Å². The highest BCUT2D eigenvalue weighted by molar-refractivity contribution is 6.08. The maximum atomic E-state index is 13.5. The second kappa shape index (κ2) is 9.25. The number of nitrogens with one attached hydrogen (secondary N) is 1. The molecule has 7 nitrogen and oxygen atoms in total. The smallest absolute Gasteiger partial charge is 0.256 e. The van der Waals surface area contributed by atoms with Gasteiger partial charge in [0.15, 0.2) is 5.82 Å². The van der Waals surface area contributed by atoms with E-state index in [2.05, 4.69) is 57.9 Å². The molecule has 1 aliphatic carbocycles. The molecule has 1 amide bonds. The molecule has 3 aromatic rings. The molecule has 1 spiro atoms. The van der Waals surface area contributed by atoms with E-state index in [1.165, 1.54) is 6.42 Å². The van der Waals surface area contributed by atoms with Gasteiger partial charge in [0.25, 0.3) is 5.91 Å². The van der Waals surface area contributed by atoms with Gasteiger partial charge in [-0.15, -0.1) is 5.10 Å². The number of tetrazole rings is 1. The molecule has 7 heteroatoms. The zero-order chi connectivity index (χ0) is 22.7. The minimum atomic E-state index is -0.495. The van der Waals surface area contributed by atoms with Crippen molar-refractivity contribution in [3.63, 3.8) is 0 Å². The van der Waals surface area contributed by atoms with Crippen molar-refractivity contribution in [2.24, 2.45) is 4.99 Å². The summed E-state index contributed by atoms with van der Waals surface area (Å²) in [5, 5.41) is 14.3. The quantitative estimate of drug-likeness (QED) is 0.547. The fourth-order valence-electron chi connectivity index (χ4n) is 5.06. The summed E-state index contributed by atoms with van der Waals surface area (Å²) in [6.07, 6.45) is 8.22. The minimum Gasteiger partial charge on any atom is -0.294 e. The van der Waals surface area contributed by atoms with Crippen LogP contribution in [0, 0.1) is 0 Å². The molecule has 0 radical (unpaired) electrons. The van der Waals surface area contributed by atoms with Crippen molar-refractivity contribution in [2.75, 3.05) is 0 Å². The molecule has 0 unspecified atom stereocenters. The molecule has 1 aliphatic heterocycles. The Hall–Kier alpha value is -3.35. The van der Waals surface area contributed by atoms with E-state index in [0.717, 1.165) is 73.0 Å². The Balaban J connectivity index is 1.38. The van der Waals surface area contributed by atoms with E-state index in [4.69, 9.17) is 4.99 Å². The number of aliphatic imine (C=N–C) groups is 1. The van der Waals surface area contributed by atoms with Crippen molar-refractivity contribution < 1.29 is 4.79 Å². The van der Waals surface area contributed by atoms with Crippen molar-refractivity contribution in [3.05, 3.63) is 54.1 Å². The van der Waals surface area contributed by atoms with Gasteiger partial charge in [0.2, 0.25) is 0 Å². The van der Waals surface area contributed by atoms with Crippen LogP contribution in [0.5, 0.6) is 0 Å². The first-order valence-corrected chi connectivity index (χ1v) is 12.0. The molecule has 0 atom stereocenters. The highest BCUT2D eigenvalue weighted by Crippen LogP contribution is 2.39. The highest BCUT2D eigenvalue weighted by Gasteiger charge is 2.47. The van der Waals surface area contributed by atoms with Crippen LogP contribution in [0.2, 0.25) is 0 Å². The predicted molar refractivity (Wildman–Crippen MR) is 128 cm³/mol. The number of aromatic amines is 1. The Bertz CT molecular complexity index is 1130. The van der Waals surface area contributed by atoms with Crippen LogP contribution in [0.1, 0.15) is 63.9 Å². The molecule has 2 aromatic carbocycles. The van der Waals surface area contributed by atoms with Crippen LogP contribution in [0.3, 0.4) is 0 Å². The molecule has 170 valence electrons. The summed E-state index contributed by atoms with van der Waals surface area (Å²) in [7, 11) is 0. The number of hydrogen-bond donors (Lipinski definition) is 1. The molecular formula is C26H30N6O. The van der Waals surface area contributed by atoms with Crippen molar-refractivity contribution >= 4 is 11.7 Å². The number of rotatable bonds is 7. The van der Waals surface area contributed by atoms with E-state index in [1.54, 1.807) is 0 Å². The lowest BCUT2D eigenvalue weighted by Gasteiger charge is -2.29. The van der Waals surface area contributed by atoms with Gasteiger partial charge >= 0.3 is 0 Å². The number of nitrogens with zero attached hydrogens (tertiary/aromatic N) is 5. The third kappa shape index (κ3) is 4.19. The number of amides is 1. The van der Waals surface area contributed by atoms with Gasteiger partial charge in [0.1, 0.15) is 11.4 Å². The van der Waals surface area contributed by atoms with E-state index in [1.807, 2.05) is 23.1 Å². The second-order valence-electron chi connectivity index (χ2n) is 9.11. The fraction of sp³-hybridized carbons (Fsp3) is 0.423. The number of H-pyrrole nitrogens is 1. The van der Waals surface area contributed by atoms with Crippen LogP contribution in [0.15, 0.2) is 53.5 Å². The van der Waals surface area contributed by atoms with Gasteiger partial charge in [-0.05, 0) is 46.4 Å². The highest BCUT2D eigenvalue weighted by atomic mass is 16.2. The molecule has 1 saturated carbocycles. The molecule has 2 heterocycles. The molecule has 5 rings (SSSR count). The molecule has 1 N–H and O–H groups in total. The van der Waals surface area contributed by atoms with E-state index >= 15 is 0 Å². The Labute approximate surface area is 194 Å². The summed E-state index contributed by atoms with van der Waals surface area (Å²) in [6.45, 7) is 2.76. The van der Waals surface area contributed by atoms with Crippen LogP contribution < -0.4 is 0 Å². The summed E-state index contributed by atoms with van der Waals surface area (Å²) in [5.41, 5.74) is 3.72. The third-order valence-corrected chi connectivity index (χ3v) is 6.87. The van der Waals surface area contributed by atoms with Crippen LogP contribution in [0.25, 0.3) is 22.5 Å². The Morgan fingerprint density at radius 1 is 1.00 bits per heavy atom. The maximum absolute atomic E-state index is 13.5. The van der Waals surface area contributed by atoms with E-state index in [0.29, 0.717) is 12.4 Å². The Morgan fingerprint density at radius 2 is 1.76 bits per heavy atom. The van der Waals surface area contributed by atoms with Crippen LogP contribution in [0.4, 0.5) is 0 Å². The third-order valence-electron chi connectivity index (χ3n) is 6.87. The number of carbonyl (C=O) groups excluding carboxylic acids is 1. The fourth-order valence-corrected chi connectivity index (χ4v) is 5.06. The molecule has 1 fully saturated rings. The summed E-state index contributed by atoms with van der Waals surface area (Å²) in [6, 6.07) is 16.5. The summed E-state index contributed by atoms with van der Waals surface area (Å²) in [5.74, 6) is 1.84. The van der Waals surface area contributed by atoms with Crippen molar-refractivity contribution in [1.29, 1.82) is 0 Å². The molecular weight excluding hydrogens is 412 g/mol. The lowest BCUT2D eigenvalue weighted by atomic mass is 9.82. The van der Waals surface area contributed by atoms with Gasteiger partial charge in [-0.25, -0.2) is 5.10 Å². The summed E-state index contributed by atoms with van der Waals surface area (Å²) >= 11 is 0. The minimum absolute atomic E-state index is 0.209. The lowest BCUT2D eigenvalue weighted by molar-refractivity contribution is -0.132. The van der Waals surface area contributed by atoms with Gasteiger partial charge in [0.05, 0.1) is 6.54 Å². The number of aromatic nitrogens is 4. The molecule has 2 aliphatic rings. The van der Waals surface area contributed by atoms with Gasteiger partial charge in [-0.3, -0.25) is 14.7 Å². The first kappa shape index (κ1) is 21.5. The van der Waals surface area contributed by atoms with Crippen LogP contribution in [-0.4, -0.2) is 42.8 Å². The standard InChI is InChI=1S/C26H30N6O/c1-2-3-11-23-27-26(16-7-4-8-17-26)25(33)32(23)18-19-12-14-20(15-13-19)21-9-5-6-10-22(21)24-28-30-31-29-24/h5-6,9-10,12-15H,2-4,7-8,11,16-18H2,1H3,(H,28,29,30,31). The van der Waals surface area contributed by atoms with Gasteiger partial charge < -0.3 is 0 Å². The zero-order valence-corrected chi connectivity index (χ0v) is 19.1. The molecule has 33 heavy (non-hydrogen) atoms. The number of amidine groups is 1. The maximum Gasteiger partial charge on any atom is 0.256 e. The zero-order valence-electron chi connectivity index (χ0n) is 19.1. The van der Waals surface area contributed by atoms with Crippen molar-refractivity contribution in [2.45, 2.75) is 70.4 Å². The number of benzene rings is 2. The lowest BCUT2D eigenvalue weighted by Crippen LogP contribution is -2.43. The monoisotopic (exact) mass is 442 g/mol. The Kier molecular flexibility index (Phi) is 6.03. The molecule has 0 bridgehead atoms. The molecule has 1 aromatic heterocycles. The Morgan fingerprint density at radius 3 is 2.45 bits per heavy atom. The number of hydrogen-bond acceptors (Lipinski definition) is 5. The van der Waals surface area contributed by atoms with E-state index in [9.17, 15) is 4.79 Å². The van der Waals surface area contributed by atoms with Crippen LogP contribution in [-0.2, 0) is 11.3 Å². The number of unbranched alkanes of at least 4 members (excludes halogenated alkanes) is 1. The van der Waals surface area contributed by atoms with E-state index < -0.39 is 5.54 Å². The normalized spacial score (nSPS) is 17.5. The first-order valence-electron chi connectivity index (χ1n) is 12.0. The van der Waals surface area contributed by atoms with E-state index in [-0.39, 0.29) is 5.91 Å². The predicted octanol–water partition coefficient (Wildman–Crippen LogP) is 5.17. The SMILES string of the molecule is CCCCC1=NC2(CCCCC2)C(=O)N1Cc1ccc(-c2ccccc2-c2nnn[nH]2)cc1. The van der Waals surface area contributed by atoms with Crippen molar-refractivity contribution in [3.8, 4) is 22.5 Å². The largest absolute Gasteiger partial charge is 0.294 e. The molecule has 0 saturated heterocycles. The second-order valence-corrected chi connectivity index (χ2v) is 9.11. The first-order chi connectivity index (χ1) is 16.2. The van der Waals surface area contributed by atoms with Crippen molar-refractivity contribution in [1.82, 2.24) is 25.5 Å². The number of carbonyl (C=O) groups is 1. The summed E-state index contributed by atoms with van der Waals surface area (Å²) < 4.78 is 0. The topological polar surface area (TPSA) is 87.1 Å². The average Bonchev–Trinajstić information content (AvgIpc) is 3.48. The average molecular weight is 443 g/mol. The van der Waals surface area contributed by atoms with Crippen LogP contribution >= 0.6 is 0 Å².